The summed E-state index contributed by atoms with van der Waals surface area (Å²) in [5.74, 6) is 0. The van der Waals surface area contributed by atoms with E-state index < -0.39 is 0 Å². The summed E-state index contributed by atoms with van der Waals surface area (Å²) in [5, 5.41) is 4.98. The van der Waals surface area contributed by atoms with Crippen LogP contribution in [0.2, 0.25) is 0 Å². The number of hydrogen-bond donors (Lipinski definition) is 0. The van der Waals surface area contributed by atoms with Crippen LogP contribution in [0.3, 0.4) is 0 Å². The summed E-state index contributed by atoms with van der Waals surface area (Å²) in [6.07, 6.45) is 2.41. The van der Waals surface area contributed by atoms with E-state index in [2.05, 4.69) is 95.8 Å². The quantitative estimate of drug-likeness (QED) is 0.139. The van der Waals surface area contributed by atoms with Gasteiger partial charge in [-0.2, -0.15) is 0 Å². The summed E-state index contributed by atoms with van der Waals surface area (Å²) in [6, 6.07) is 30.4. The molecule has 4 heteroatoms. The molecule has 0 unspecified atom stereocenters. The average molecular weight is 483 g/mol. The molecule has 0 aliphatic heterocycles. The highest BCUT2D eigenvalue weighted by atomic mass is 32.2. The summed E-state index contributed by atoms with van der Waals surface area (Å²) >= 11 is 1.86. The summed E-state index contributed by atoms with van der Waals surface area (Å²) in [7, 11) is 0. The first-order valence-electron chi connectivity index (χ1n) is 12.8. The highest BCUT2D eigenvalue weighted by Crippen LogP contribution is 2.34. The molecule has 1 heterocycles. The Balaban J connectivity index is 1.35. The lowest BCUT2D eigenvalue weighted by Crippen LogP contribution is -2.25. The van der Waals surface area contributed by atoms with Crippen LogP contribution in [0.1, 0.15) is 32.3 Å². The number of benzene rings is 4. The summed E-state index contributed by atoms with van der Waals surface area (Å²) < 4.78 is 8.57. The molecule has 5 rings (SSSR count). The molecule has 0 saturated heterocycles. The molecule has 0 N–H and O–H groups in total. The third-order valence-electron chi connectivity index (χ3n) is 6.78. The first-order chi connectivity index (χ1) is 17.2. The van der Waals surface area contributed by atoms with E-state index >= 15 is 0 Å². The van der Waals surface area contributed by atoms with E-state index in [1.165, 1.54) is 51.4 Å². The van der Waals surface area contributed by atoms with Gasteiger partial charge in [-0.3, -0.25) is 0 Å². The van der Waals surface area contributed by atoms with E-state index in [1.807, 2.05) is 24.1 Å². The van der Waals surface area contributed by atoms with Crippen LogP contribution < -0.4 is 0 Å². The Bertz CT molecular complexity index is 1410. The Morgan fingerprint density at radius 3 is 2.29 bits per heavy atom. The molecular weight excluding hydrogens is 448 g/mol. The number of para-hydroxylation sites is 1. The van der Waals surface area contributed by atoms with Crippen molar-refractivity contribution in [1.29, 1.82) is 0 Å². The van der Waals surface area contributed by atoms with Gasteiger partial charge >= 0.3 is 0 Å². The van der Waals surface area contributed by atoms with Crippen molar-refractivity contribution in [2.75, 3.05) is 26.2 Å². The van der Waals surface area contributed by atoms with E-state index in [0.717, 1.165) is 37.3 Å². The lowest BCUT2D eigenvalue weighted by atomic mass is 10.1. The fourth-order valence-electron chi connectivity index (χ4n) is 4.77. The molecule has 180 valence electrons. The molecule has 5 aromatic rings. The van der Waals surface area contributed by atoms with Gasteiger partial charge in [0.25, 0.3) is 0 Å². The van der Waals surface area contributed by atoms with Crippen LogP contribution in [-0.2, 0) is 6.54 Å². The number of rotatable bonds is 11. The zero-order chi connectivity index (χ0) is 24.0. The van der Waals surface area contributed by atoms with Gasteiger partial charge in [0.1, 0.15) is 11.2 Å². The first-order valence-corrected chi connectivity index (χ1v) is 13.5. The van der Waals surface area contributed by atoms with Crippen LogP contribution in [0.5, 0.6) is 0 Å². The summed E-state index contributed by atoms with van der Waals surface area (Å²) in [4.78, 5) is 3.77. The molecule has 0 aliphatic carbocycles. The number of furan rings is 1. The largest absolute Gasteiger partial charge is 0.456 e. The lowest BCUT2D eigenvalue weighted by Gasteiger charge is -2.23. The van der Waals surface area contributed by atoms with Crippen LogP contribution in [0.4, 0.5) is 0 Å². The van der Waals surface area contributed by atoms with Gasteiger partial charge in [-0.15, -0.1) is 0 Å². The van der Waals surface area contributed by atoms with Gasteiger partial charge in [-0.05, 0) is 91.1 Å². The summed E-state index contributed by atoms with van der Waals surface area (Å²) in [6.45, 7) is 9.92. The van der Waals surface area contributed by atoms with Crippen LogP contribution in [-0.4, -0.2) is 35.4 Å². The predicted octanol–water partition coefficient (Wildman–Crippen LogP) is 8.37. The van der Waals surface area contributed by atoms with Gasteiger partial charge in [0.05, 0.1) is 0 Å². The highest BCUT2D eigenvalue weighted by Gasteiger charge is 2.12. The third-order valence-corrected chi connectivity index (χ3v) is 7.82. The van der Waals surface area contributed by atoms with Gasteiger partial charge in [-0.1, -0.05) is 68.4 Å². The fraction of sp³-hybridized carbons (Fsp3) is 0.290. The van der Waals surface area contributed by atoms with Gasteiger partial charge in [0, 0.05) is 28.8 Å². The fourth-order valence-corrected chi connectivity index (χ4v) is 5.80. The maximum absolute atomic E-state index is 6.04. The SMILES string of the molecule is CCN(CC)CCCCN(Cc1ccc2ccccc2c1)Sc1ccc2oc3ccccc3c2c1. The average Bonchev–Trinajstić information content (AvgIpc) is 3.26. The third kappa shape index (κ3) is 5.72. The zero-order valence-corrected chi connectivity index (χ0v) is 21.6. The maximum Gasteiger partial charge on any atom is 0.135 e. The molecule has 0 aliphatic rings. The second-order valence-electron chi connectivity index (χ2n) is 9.13. The van der Waals surface area contributed by atoms with Crippen molar-refractivity contribution < 1.29 is 4.42 Å². The molecule has 0 saturated carbocycles. The topological polar surface area (TPSA) is 19.6 Å². The van der Waals surface area contributed by atoms with E-state index in [-0.39, 0.29) is 0 Å². The minimum atomic E-state index is 0.922. The standard InChI is InChI=1S/C31H34N2OS/c1-3-32(4-2)19-9-10-20-33(23-24-15-16-25-11-5-6-12-26(25)21-24)35-27-17-18-31-29(22-27)28-13-7-8-14-30(28)34-31/h5-8,11-18,21-22H,3-4,9-10,19-20,23H2,1-2H3. The second kappa shape index (κ2) is 11.3. The predicted molar refractivity (Wildman–Crippen MR) is 151 cm³/mol. The molecule has 0 spiro atoms. The van der Waals surface area contributed by atoms with Crippen molar-refractivity contribution in [1.82, 2.24) is 9.21 Å². The number of unbranched alkanes of at least 4 members (excludes halogenated alkanes) is 1. The van der Waals surface area contributed by atoms with Gasteiger partial charge in [0.15, 0.2) is 0 Å². The molecule has 3 nitrogen and oxygen atoms in total. The van der Waals surface area contributed by atoms with Crippen molar-refractivity contribution in [3.8, 4) is 0 Å². The van der Waals surface area contributed by atoms with E-state index in [9.17, 15) is 0 Å². The Labute approximate surface area is 212 Å². The molecule has 0 radical (unpaired) electrons. The number of hydrogen-bond acceptors (Lipinski definition) is 4. The Hall–Kier alpha value is -2.79. The number of fused-ring (bicyclic) bond motifs is 4. The van der Waals surface area contributed by atoms with Gasteiger partial charge < -0.3 is 9.32 Å². The number of nitrogens with zero attached hydrogens (tertiary/aromatic N) is 2. The van der Waals surface area contributed by atoms with Gasteiger partial charge in [-0.25, -0.2) is 4.31 Å². The molecule has 35 heavy (non-hydrogen) atoms. The smallest absolute Gasteiger partial charge is 0.135 e. The first kappa shape index (κ1) is 23.9. The van der Waals surface area contributed by atoms with Crippen molar-refractivity contribution in [2.24, 2.45) is 0 Å². The highest BCUT2D eigenvalue weighted by molar-refractivity contribution is 7.97. The lowest BCUT2D eigenvalue weighted by molar-refractivity contribution is 0.291. The van der Waals surface area contributed by atoms with E-state index in [4.69, 9.17) is 4.42 Å². The van der Waals surface area contributed by atoms with Crippen molar-refractivity contribution in [2.45, 2.75) is 38.1 Å². The maximum atomic E-state index is 6.04. The second-order valence-corrected chi connectivity index (χ2v) is 10.3. The normalized spacial score (nSPS) is 12.0. The van der Waals surface area contributed by atoms with Crippen molar-refractivity contribution >= 4 is 44.7 Å². The minimum Gasteiger partial charge on any atom is -0.456 e. The molecule has 4 aromatic carbocycles. The van der Waals surface area contributed by atoms with Gasteiger partial charge in [0.2, 0.25) is 0 Å². The van der Waals surface area contributed by atoms with Crippen LogP contribution in [0.15, 0.2) is 94.2 Å². The van der Waals surface area contributed by atoms with Crippen LogP contribution >= 0.6 is 11.9 Å². The molecule has 0 fully saturated rings. The zero-order valence-electron chi connectivity index (χ0n) is 20.7. The van der Waals surface area contributed by atoms with Crippen LogP contribution in [0, 0.1) is 0 Å². The van der Waals surface area contributed by atoms with E-state index in [0.29, 0.717) is 0 Å². The van der Waals surface area contributed by atoms with E-state index in [1.54, 1.807) is 0 Å². The Kier molecular flexibility index (Phi) is 7.72. The monoisotopic (exact) mass is 482 g/mol. The molecule has 0 amide bonds. The summed E-state index contributed by atoms with van der Waals surface area (Å²) in [5.41, 5.74) is 3.26. The minimum absolute atomic E-state index is 0.922. The van der Waals surface area contributed by atoms with Crippen molar-refractivity contribution in [3.63, 3.8) is 0 Å². The molecule has 1 aromatic heterocycles. The Morgan fingerprint density at radius 2 is 1.43 bits per heavy atom. The Morgan fingerprint density at radius 1 is 0.686 bits per heavy atom. The molecular formula is C31H34N2OS. The molecule has 0 atom stereocenters. The molecule has 0 bridgehead atoms. The van der Waals surface area contributed by atoms with Crippen molar-refractivity contribution in [3.05, 3.63) is 90.5 Å². The van der Waals surface area contributed by atoms with Crippen LogP contribution in [0.25, 0.3) is 32.7 Å².